The van der Waals surface area contributed by atoms with Gasteiger partial charge in [-0.3, -0.25) is 4.90 Å². The van der Waals surface area contributed by atoms with Crippen molar-refractivity contribution in [2.75, 3.05) is 31.1 Å². The minimum Gasteiger partial charge on any atom is -0.354 e. The fourth-order valence-electron chi connectivity index (χ4n) is 3.26. The SMILES string of the molecule is N#Cc1cccnc1N1CCCN(Cc2nc3ccccc3s2)CC1. The molecule has 2 aromatic heterocycles. The maximum atomic E-state index is 9.30. The van der Waals surface area contributed by atoms with E-state index in [2.05, 4.69) is 39.1 Å². The van der Waals surface area contributed by atoms with E-state index in [-0.39, 0.29) is 0 Å². The summed E-state index contributed by atoms with van der Waals surface area (Å²) >= 11 is 1.78. The van der Waals surface area contributed by atoms with Crippen LogP contribution in [-0.4, -0.2) is 41.0 Å². The van der Waals surface area contributed by atoms with Crippen molar-refractivity contribution in [2.45, 2.75) is 13.0 Å². The van der Waals surface area contributed by atoms with Gasteiger partial charge < -0.3 is 4.90 Å². The lowest BCUT2D eigenvalue weighted by Crippen LogP contribution is -2.31. The maximum absolute atomic E-state index is 9.30. The third kappa shape index (κ3) is 3.48. The van der Waals surface area contributed by atoms with E-state index in [1.807, 2.05) is 18.2 Å². The summed E-state index contributed by atoms with van der Waals surface area (Å²) in [5.74, 6) is 0.812. The van der Waals surface area contributed by atoms with Gasteiger partial charge in [0.2, 0.25) is 0 Å². The molecular formula is C19H19N5S. The number of aromatic nitrogens is 2. The average molecular weight is 349 g/mol. The fourth-order valence-corrected chi connectivity index (χ4v) is 4.27. The molecule has 1 aromatic carbocycles. The largest absolute Gasteiger partial charge is 0.354 e. The summed E-state index contributed by atoms with van der Waals surface area (Å²) in [7, 11) is 0. The first kappa shape index (κ1) is 16.0. The summed E-state index contributed by atoms with van der Waals surface area (Å²) in [5, 5.41) is 10.5. The minimum absolute atomic E-state index is 0.655. The molecule has 25 heavy (non-hydrogen) atoms. The van der Waals surface area contributed by atoms with E-state index >= 15 is 0 Å². The Morgan fingerprint density at radius 1 is 1.08 bits per heavy atom. The first-order valence-electron chi connectivity index (χ1n) is 8.50. The number of para-hydroxylation sites is 1. The summed E-state index contributed by atoms with van der Waals surface area (Å²) in [6.45, 7) is 4.71. The topological polar surface area (TPSA) is 56.1 Å². The molecule has 0 unspecified atom stereocenters. The third-order valence-corrected chi connectivity index (χ3v) is 5.51. The smallest absolute Gasteiger partial charge is 0.146 e. The van der Waals surface area contributed by atoms with Crippen LogP contribution in [0.25, 0.3) is 10.2 Å². The molecule has 3 aromatic rings. The minimum atomic E-state index is 0.655. The number of pyridine rings is 1. The highest BCUT2D eigenvalue weighted by Crippen LogP contribution is 2.24. The van der Waals surface area contributed by atoms with Gasteiger partial charge in [0, 0.05) is 32.4 Å². The van der Waals surface area contributed by atoms with Crippen molar-refractivity contribution >= 4 is 27.4 Å². The van der Waals surface area contributed by atoms with Gasteiger partial charge in [-0.15, -0.1) is 11.3 Å². The highest BCUT2D eigenvalue weighted by Gasteiger charge is 2.19. The molecule has 0 atom stereocenters. The Bertz CT molecular complexity index is 880. The Morgan fingerprint density at radius 3 is 2.88 bits per heavy atom. The van der Waals surface area contributed by atoms with E-state index in [0.29, 0.717) is 5.56 Å². The van der Waals surface area contributed by atoms with Crippen LogP contribution >= 0.6 is 11.3 Å². The second-order valence-corrected chi connectivity index (χ2v) is 7.29. The summed E-state index contributed by atoms with van der Waals surface area (Å²) in [5.41, 5.74) is 1.74. The number of hydrogen-bond donors (Lipinski definition) is 0. The van der Waals surface area contributed by atoms with Crippen LogP contribution < -0.4 is 4.90 Å². The number of hydrogen-bond acceptors (Lipinski definition) is 6. The van der Waals surface area contributed by atoms with Gasteiger partial charge in [0.25, 0.3) is 0 Å². The van der Waals surface area contributed by atoms with Crippen molar-refractivity contribution in [3.8, 4) is 6.07 Å². The van der Waals surface area contributed by atoms with Gasteiger partial charge >= 0.3 is 0 Å². The number of nitrogens with zero attached hydrogens (tertiary/aromatic N) is 5. The molecule has 0 spiro atoms. The molecule has 1 fully saturated rings. The van der Waals surface area contributed by atoms with Gasteiger partial charge in [-0.1, -0.05) is 12.1 Å². The van der Waals surface area contributed by atoms with Gasteiger partial charge in [-0.25, -0.2) is 9.97 Å². The lowest BCUT2D eigenvalue weighted by Gasteiger charge is -2.23. The Labute approximate surface area is 151 Å². The molecule has 0 radical (unpaired) electrons. The Morgan fingerprint density at radius 2 is 2.00 bits per heavy atom. The number of benzene rings is 1. The van der Waals surface area contributed by atoms with Crippen LogP contribution in [0, 0.1) is 11.3 Å². The standard InChI is InChI=1S/C19H19N5S/c20-13-15-5-3-8-21-19(15)24-10-4-9-23(11-12-24)14-18-22-16-6-1-2-7-17(16)25-18/h1-3,5-8H,4,9-12,14H2. The van der Waals surface area contributed by atoms with Crippen molar-refractivity contribution in [2.24, 2.45) is 0 Å². The van der Waals surface area contributed by atoms with E-state index in [9.17, 15) is 5.26 Å². The van der Waals surface area contributed by atoms with Crippen molar-refractivity contribution in [1.82, 2.24) is 14.9 Å². The molecule has 3 heterocycles. The molecule has 126 valence electrons. The maximum Gasteiger partial charge on any atom is 0.146 e. The van der Waals surface area contributed by atoms with E-state index in [1.165, 1.54) is 9.71 Å². The fraction of sp³-hybridized carbons (Fsp3) is 0.316. The molecule has 0 bridgehead atoms. The summed E-state index contributed by atoms with van der Waals surface area (Å²) < 4.78 is 1.25. The molecule has 0 amide bonds. The lowest BCUT2D eigenvalue weighted by atomic mass is 10.2. The lowest BCUT2D eigenvalue weighted by molar-refractivity contribution is 0.285. The number of thiazole rings is 1. The van der Waals surface area contributed by atoms with Crippen LogP contribution in [-0.2, 0) is 6.54 Å². The van der Waals surface area contributed by atoms with Crippen LogP contribution in [0.15, 0.2) is 42.6 Å². The molecule has 4 rings (SSSR count). The second-order valence-electron chi connectivity index (χ2n) is 6.18. The van der Waals surface area contributed by atoms with Crippen LogP contribution in [0.5, 0.6) is 0 Å². The summed E-state index contributed by atoms with van der Waals surface area (Å²) in [4.78, 5) is 13.9. The molecule has 1 saturated heterocycles. The van der Waals surface area contributed by atoms with Crippen molar-refractivity contribution in [3.63, 3.8) is 0 Å². The second kappa shape index (κ2) is 7.18. The summed E-state index contributed by atoms with van der Waals surface area (Å²) in [6.07, 6.45) is 2.83. The molecule has 6 heteroatoms. The van der Waals surface area contributed by atoms with E-state index in [1.54, 1.807) is 17.5 Å². The van der Waals surface area contributed by atoms with Crippen LogP contribution in [0.1, 0.15) is 17.0 Å². The zero-order chi connectivity index (χ0) is 17.1. The number of rotatable bonds is 3. The predicted octanol–water partition coefficient (Wildman–Crippen LogP) is 3.28. The van der Waals surface area contributed by atoms with Gasteiger partial charge in [0.05, 0.1) is 22.3 Å². The van der Waals surface area contributed by atoms with Crippen molar-refractivity contribution in [3.05, 3.63) is 53.2 Å². The summed E-state index contributed by atoms with van der Waals surface area (Å²) in [6, 6.07) is 14.2. The normalized spacial score (nSPS) is 15.9. The predicted molar refractivity (Wildman–Crippen MR) is 101 cm³/mol. The molecule has 0 aliphatic carbocycles. The van der Waals surface area contributed by atoms with E-state index in [0.717, 1.165) is 50.5 Å². The zero-order valence-electron chi connectivity index (χ0n) is 13.9. The van der Waals surface area contributed by atoms with Crippen molar-refractivity contribution in [1.29, 1.82) is 5.26 Å². The van der Waals surface area contributed by atoms with Gasteiger partial charge in [-0.2, -0.15) is 5.26 Å². The Kier molecular flexibility index (Phi) is 4.59. The number of nitriles is 1. The molecule has 0 saturated carbocycles. The molecular weight excluding hydrogens is 330 g/mol. The first-order chi connectivity index (χ1) is 12.3. The van der Waals surface area contributed by atoms with E-state index in [4.69, 9.17) is 4.98 Å². The highest BCUT2D eigenvalue weighted by molar-refractivity contribution is 7.18. The molecule has 0 N–H and O–H groups in total. The van der Waals surface area contributed by atoms with Crippen molar-refractivity contribution < 1.29 is 0 Å². The van der Waals surface area contributed by atoms with Crippen LogP contribution in [0.2, 0.25) is 0 Å². The quantitative estimate of drug-likeness (QED) is 0.726. The average Bonchev–Trinajstić information content (AvgIpc) is 2.92. The van der Waals surface area contributed by atoms with Gasteiger partial charge in [-0.05, 0) is 30.7 Å². The number of fused-ring (bicyclic) bond motifs is 1. The first-order valence-corrected chi connectivity index (χ1v) is 9.32. The van der Waals surface area contributed by atoms with Crippen LogP contribution in [0.3, 0.4) is 0 Å². The molecule has 1 aliphatic rings. The van der Waals surface area contributed by atoms with Crippen LogP contribution in [0.4, 0.5) is 5.82 Å². The van der Waals surface area contributed by atoms with E-state index < -0.39 is 0 Å². The van der Waals surface area contributed by atoms with Gasteiger partial charge in [0.15, 0.2) is 0 Å². The highest BCUT2D eigenvalue weighted by atomic mass is 32.1. The Hall–Kier alpha value is -2.49. The molecule has 5 nitrogen and oxygen atoms in total. The third-order valence-electron chi connectivity index (χ3n) is 4.49. The number of anilines is 1. The zero-order valence-corrected chi connectivity index (χ0v) is 14.7. The Balaban J connectivity index is 1.45. The molecule has 1 aliphatic heterocycles. The van der Waals surface area contributed by atoms with Gasteiger partial charge in [0.1, 0.15) is 16.9 Å². The monoisotopic (exact) mass is 349 g/mol.